The second-order valence-corrected chi connectivity index (χ2v) is 8.61. The number of hydrogen-bond acceptors (Lipinski definition) is 3. The largest absolute Gasteiger partial charge is 0.416 e. The third-order valence-electron chi connectivity index (χ3n) is 4.24. The van der Waals surface area contributed by atoms with Gasteiger partial charge in [-0.2, -0.15) is 13.2 Å². The zero-order valence-corrected chi connectivity index (χ0v) is 15.5. The van der Waals surface area contributed by atoms with E-state index in [1.165, 1.54) is 0 Å². The number of halogens is 3. The summed E-state index contributed by atoms with van der Waals surface area (Å²) in [4.78, 5) is 13.6. The maximum atomic E-state index is 12.6. The number of alkyl halides is 3. The molecule has 5 nitrogen and oxygen atoms in total. The Morgan fingerprint density at radius 3 is 2.19 bits per heavy atom. The van der Waals surface area contributed by atoms with Crippen LogP contribution in [-0.4, -0.2) is 38.4 Å². The van der Waals surface area contributed by atoms with Crippen molar-refractivity contribution in [3.63, 3.8) is 0 Å². The Morgan fingerprint density at radius 1 is 1.19 bits per heavy atom. The van der Waals surface area contributed by atoms with E-state index in [0.717, 1.165) is 24.3 Å². The summed E-state index contributed by atoms with van der Waals surface area (Å²) in [6, 6.07) is 3.06. The first-order valence-electron chi connectivity index (χ1n) is 8.46. The number of rotatable bonds is 5. The average Bonchev–Trinajstić information content (AvgIpc) is 2.54. The van der Waals surface area contributed by atoms with Gasteiger partial charge in [0, 0.05) is 25.6 Å². The van der Waals surface area contributed by atoms with Crippen LogP contribution in [0.2, 0.25) is 0 Å². The van der Waals surface area contributed by atoms with E-state index in [0.29, 0.717) is 32.4 Å². The molecule has 1 fully saturated rings. The third kappa shape index (κ3) is 5.44. The minimum atomic E-state index is -4.51. The van der Waals surface area contributed by atoms with E-state index in [9.17, 15) is 26.4 Å². The smallest absolute Gasteiger partial charge is 0.343 e. The molecule has 1 aliphatic rings. The maximum absolute atomic E-state index is 12.6. The number of hydrogen-bond donors (Lipinski definition) is 1. The van der Waals surface area contributed by atoms with E-state index in [2.05, 4.69) is 4.72 Å². The van der Waals surface area contributed by atoms with Crippen LogP contribution in [0.3, 0.4) is 0 Å². The van der Waals surface area contributed by atoms with Crippen molar-refractivity contribution in [2.75, 3.05) is 13.1 Å². The van der Waals surface area contributed by atoms with E-state index >= 15 is 0 Å². The van der Waals surface area contributed by atoms with Gasteiger partial charge in [0.05, 0.1) is 10.5 Å². The summed E-state index contributed by atoms with van der Waals surface area (Å²) in [5, 5.41) is 0. The number of nitrogens with zero attached hydrogens (tertiary/aromatic N) is 1. The van der Waals surface area contributed by atoms with Crippen molar-refractivity contribution >= 4 is 15.9 Å². The molecule has 26 heavy (non-hydrogen) atoms. The van der Waals surface area contributed by atoms with E-state index in [1.54, 1.807) is 4.90 Å². The Kier molecular flexibility index (Phi) is 6.33. The first-order valence-corrected chi connectivity index (χ1v) is 9.94. The number of carbonyl (C=O) groups is 1. The molecule has 0 aliphatic carbocycles. The van der Waals surface area contributed by atoms with Crippen LogP contribution < -0.4 is 4.72 Å². The van der Waals surface area contributed by atoms with Gasteiger partial charge < -0.3 is 4.90 Å². The van der Waals surface area contributed by atoms with Crippen molar-refractivity contribution in [1.29, 1.82) is 0 Å². The van der Waals surface area contributed by atoms with E-state index in [1.807, 2.05) is 13.8 Å². The summed E-state index contributed by atoms with van der Waals surface area (Å²) in [5.74, 6) is 0.322. The molecule has 1 aliphatic heterocycles. The molecule has 2 rings (SSSR count). The van der Waals surface area contributed by atoms with Crippen molar-refractivity contribution < 1.29 is 26.4 Å². The fourth-order valence-electron chi connectivity index (χ4n) is 2.84. The van der Waals surface area contributed by atoms with Gasteiger partial charge in [0.25, 0.3) is 0 Å². The van der Waals surface area contributed by atoms with Gasteiger partial charge in [-0.05, 0) is 43.0 Å². The summed E-state index contributed by atoms with van der Waals surface area (Å²) in [5.41, 5.74) is -0.895. The van der Waals surface area contributed by atoms with Crippen molar-refractivity contribution in [1.82, 2.24) is 9.62 Å². The molecule has 0 spiro atoms. The van der Waals surface area contributed by atoms with Gasteiger partial charge in [-0.25, -0.2) is 13.1 Å². The maximum Gasteiger partial charge on any atom is 0.416 e. The molecule has 1 heterocycles. The molecule has 1 N–H and O–H groups in total. The Labute approximate surface area is 151 Å². The Bertz CT molecular complexity index is 723. The molecule has 0 bridgehead atoms. The quantitative estimate of drug-likeness (QED) is 0.838. The van der Waals surface area contributed by atoms with Crippen molar-refractivity contribution in [3.8, 4) is 0 Å². The average molecular weight is 392 g/mol. The van der Waals surface area contributed by atoms with Crippen LogP contribution >= 0.6 is 0 Å². The number of likely N-dealkylation sites (tertiary alicyclic amines) is 1. The molecule has 0 radical (unpaired) electrons. The van der Waals surface area contributed by atoms with Gasteiger partial charge >= 0.3 is 6.18 Å². The highest BCUT2D eigenvalue weighted by Gasteiger charge is 2.31. The van der Waals surface area contributed by atoms with Crippen molar-refractivity contribution in [2.24, 2.45) is 5.92 Å². The first-order chi connectivity index (χ1) is 12.0. The van der Waals surface area contributed by atoms with Gasteiger partial charge in [-0.1, -0.05) is 13.8 Å². The third-order valence-corrected chi connectivity index (χ3v) is 5.78. The topological polar surface area (TPSA) is 66.5 Å². The van der Waals surface area contributed by atoms with Crippen molar-refractivity contribution in [3.05, 3.63) is 29.8 Å². The Balaban J connectivity index is 1.95. The lowest BCUT2D eigenvalue weighted by atomic mass is 10.0. The second kappa shape index (κ2) is 7.96. The summed E-state index contributed by atoms with van der Waals surface area (Å²) in [6.45, 7) is 4.85. The van der Waals surface area contributed by atoms with Crippen LogP contribution in [0.1, 0.15) is 38.7 Å². The molecule has 1 aromatic rings. The van der Waals surface area contributed by atoms with E-state index in [4.69, 9.17) is 0 Å². The molecule has 0 aromatic heterocycles. The SMILES string of the molecule is CC(C)CC(=O)N1CCC(NS(=O)(=O)c2ccc(C(F)(F)F)cc2)CC1. The molecule has 146 valence electrons. The molecule has 1 aromatic carbocycles. The normalized spacial score (nSPS) is 16.9. The van der Waals surface area contributed by atoms with Crippen molar-refractivity contribution in [2.45, 2.75) is 50.2 Å². The number of amides is 1. The summed E-state index contributed by atoms with van der Waals surface area (Å²) in [6.07, 6.45) is -3.10. The van der Waals surface area contributed by atoms with Gasteiger partial charge in [-0.15, -0.1) is 0 Å². The van der Waals surface area contributed by atoms with Crippen LogP contribution in [0.4, 0.5) is 13.2 Å². The standard InChI is InChI=1S/C17H23F3N2O3S/c1-12(2)11-16(23)22-9-7-14(8-10-22)21-26(24,25)15-5-3-13(4-6-15)17(18,19)20/h3-6,12,14,21H,7-11H2,1-2H3. The minimum absolute atomic E-state index is 0.0593. The second-order valence-electron chi connectivity index (χ2n) is 6.90. The molecule has 1 saturated heterocycles. The highest BCUT2D eigenvalue weighted by atomic mass is 32.2. The van der Waals surface area contributed by atoms with Crippen LogP contribution in [0.5, 0.6) is 0 Å². The Hall–Kier alpha value is -1.61. The lowest BCUT2D eigenvalue weighted by molar-refractivity contribution is -0.137. The molecule has 9 heteroatoms. The molecular weight excluding hydrogens is 369 g/mol. The van der Waals surface area contributed by atoms with Gasteiger partial charge in [0.2, 0.25) is 15.9 Å². The van der Waals surface area contributed by atoms with Crippen LogP contribution in [0.25, 0.3) is 0 Å². The van der Waals surface area contributed by atoms with Gasteiger partial charge in [-0.3, -0.25) is 4.79 Å². The minimum Gasteiger partial charge on any atom is -0.343 e. The summed E-state index contributed by atoms with van der Waals surface area (Å²) < 4.78 is 64.9. The molecule has 1 amide bonds. The fraction of sp³-hybridized carbons (Fsp3) is 0.588. The molecule has 0 atom stereocenters. The fourth-order valence-corrected chi connectivity index (χ4v) is 4.14. The van der Waals surface area contributed by atoms with E-state index in [-0.39, 0.29) is 22.8 Å². The van der Waals surface area contributed by atoms with Gasteiger partial charge in [0.1, 0.15) is 0 Å². The van der Waals surface area contributed by atoms with Crippen LogP contribution in [-0.2, 0) is 21.0 Å². The lowest BCUT2D eigenvalue weighted by Crippen LogP contribution is -2.46. The molecule has 0 saturated carbocycles. The lowest BCUT2D eigenvalue weighted by Gasteiger charge is -2.32. The number of benzene rings is 1. The Morgan fingerprint density at radius 2 is 1.73 bits per heavy atom. The summed E-state index contributed by atoms with van der Waals surface area (Å²) >= 11 is 0. The number of piperidine rings is 1. The van der Waals surface area contributed by atoms with Gasteiger partial charge in [0.15, 0.2) is 0 Å². The number of carbonyl (C=O) groups excluding carboxylic acids is 1. The predicted molar refractivity (Wildman–Crippen MR) is 90.8 cm³/mol. The highest BCUT2D eigenvalue weighted by Crippen LogP contribution is 2.29. The molecule has 0 unspecified atom stereocenters. The number of sulfonamides is 1. The van der Waals surface area contributed by atoms with Crippen LogP contribution in [0.15, 0.2) is 29.2 Å². The van der Waals surface area contributed by atoms with Crippen LogP contribution in [0, 0.1) is 5.92 Å². The zero-order valence-electron chi connectivity index (χ0n) is 14.7. The first kappa shape index (κ1) is 20.7. The zero-order chi connectivity index (χ0) is 19.5. The summed E-state index contributed by atoms with van der Waals surface area (Å²) in [7, 11) is -3.90. The highest BCUT2D eigenvalue weighted by molar-refractivity contribution is 7.89. The predicted octanol–water partition coefficient (Wildman–Crippen LogP) is 3.02. The van der Waals surface area contributed by atoms with E-state index < -0.39 is 21.8 Å². The monoisotopic (exact) mass is 392 g/mol. The number of nitrogens with one attached hydrogen (secondary N) is 1. The molecular formula is C17H23F3N2O3S.